The van der Waals surface area contributed by atoms with Crippen LogP contribution in [0.1, 0.15) is 4.88 Å². The Hall–Kier alpha value is -1.56. The van der Waals surface area contributed by atoms with Gasteiger partial charge in [0.15, 0.2) is 0 Å². The minimum atomic E-state index is 0.231. The van der Waals surface area contributed by atoms with Crippen LogP contribution in [0.4, 0.5) is 17.5 Å². The van der Waals surface area contributed by atoms with Gasteiger partial charge in [-0.15, -0.1) is 11.3 Å². The number of nitrogens with two attached hydrogens (primary N) is 1. The number of hydrogen-bond donors (Lipinski definition) is 2. The van der Waals surface area contributed by atoms with Gasteiger partial charge in [-0.25, -0.2) is 4.98 Å². The average Bonchev–Trinajstić information content (AvgIpc) is 2.68. The molecule has 0 fully saturated rings. The third-order valence-electron chi connectivity index (χ3n) is 2.66. The molecule has 2 aromatic heterocycles. The Morgan fingerprint density at radius 1 is 1.10 bits per heavy atom. The maximum absolute atomic E-state index is 5.99. The lowest BCUT2D eigenvalue weighted by molar-refractivity contribution is 1.24. The molecular weight excluding hydrogens is 315 g/mol. The van der Waals surface area contributed by atoms with Crippen molar-refractivity contribution in [3.63, 3.8) is 0 Å². The van der Waals surface area contributed by atoms with Crippen LogP contribution < -0.4 is 11.1 Å². The summed E-state index contributed by atoms with van der Waals surface area (Å²) >= 11 is 13.6. The largest absolute Gasteiger partial charge is 0.368 e. The molecule has 20 heavy (non-hydrogen) atoms. The molecule has 0 saturated carbocycles. The molecule has 3 rings (SSSR count). The first-order chi connectivity index (χ1) is 9.51. The Morgan fingerprint density at radius 3 is 2.50 bits per heavy atom. The Morgan fingerprint density at radius 2 is 1.80 bits per heavy atom. The van der Waals surface area contributed by atoms with E-state index in [9.17, 15) is 0 Å². The summed E-state index contributed by atoms with van der Waals surface area (Å²) in [6.07, 6.45) is 0. The van der Waals surface area contributed by atoms with E-state index in [1.54, 1.807) is 29.5 Å². The predicted octanol–water partition coefficient (Wildman–Crippen LogP) is 4.63. The molecule has 4 nitrogen and oxygen atoms in total. The van der Waals surface area contributed by atoms with Crippen LogP contribution in [0.3, 0.4) is 0 Å². The molecule has 2 heterocycles. The van der Waals surface area contributed by atoms with Crippen LogP contribution in [0.2, 0.25) is 10.0 Å². The molecule has 0 aliphatic carbocycles. The molecule has 0 bridgehead atoms. The quantitative estimate of drug-likeness (QED) is 0.721. The van der Waals surface area contributed by atoms with Gasteiger partial charge in [-0.1, -0.05) is 23.2 Å². The van der Waals surface area contributed by atoms with Gasteiger partial charge in [-0.2, -0.15) is 4.98 Å². The van der Waals surface area contributed by atoms with E-state index >= 15 is 0 Å². The highest BCUT2D eigenvalue weighted by Crippen LogP contribution is 2.32. The smallest absolute Gasteiger partial charge is 0.223 e. The molecule has 0 aliphatic heterocycles. The first-order valence-corrected chi connectivity index (χ1v) is 7.35. The van der Waals surface area contributed by atoms with E-state index in [1.807, 2.05) is 13.0 Å². The van der Waals surface area contributed by atoms with Crippen molar-refractivity contribution >= 4 is 62.2 Å². The summed E-state index contributed by atoms with van der Waals surface area (Å²) < 4.78 is 0. The average molecular weight is 325 g/mol. The topological polar surface area (TPSA) is 63.8 Å². The zero-order chi connectivity index (χ0) is 14.3. The summed E-state index contributed by atoms with van der Waals surface area (Å²) in [6, 6.07) is 7.24. The van der Waals surface area contributed by atoms with Gasteiger partial charge in [0, 0.05) is 20.6 Å². The summed E-state index contributed by atoms with van der Waals surface area (Å²) in [5, 5.41) is 5.23. The summed E-state index contributed by atoms with van der Waals surface area (Å²) in [7, 11) is 0. The van der Waals surface area contributed by atoms with Crippen molar-refractivity contribution in [2.24, 2.45) is 0 Å². The van der Waals surface area contributed by atoms with E-state index in [4.69, 9.17) is 28.9 Å². The highest BCUT2D eigenvalue weighted by molar-refractivity contribution is 7.18. The highest BCUT2D eigenvalue weighted by Gasteiger charge is 2.10. The van der Waals surface area contributed by atoms with Gasteiger partial charge in [0.1, 0.15) is 10.6 Å². The molecule has 3 aromatic rings. The number of nitrogens with zero attached hydrogens (tertiary/aromatic N) is 2. The maximum Gasteiger partial charge on any atom is 0.223 e. The number of rotatable bonds is 2. The lowest BCUT2D eigenvalue weighted by Crippen LogP contribution is -2.00. The fourth-order valence-corrected chi connectivity index (χ4v) is 3.33. The number of aromatic nitrogens is 2. The lowest BCUT2D eigenvalue weighted by Gasteiger charge is -2.08. The second-order valence-corrected chi connectivity index (χ2v) is 6.40. The van der Waals surface area contributed by atoms with Gasteiger partial charge in [0.05, 0.1) is 5.39 Å². The molecule has 0 spiro atoms. The molecule has 0 radical (unpaired) electrons. The molecule has 0 atom stereocenters. The second-order valence-electron chi connectivity index (χ2n) is 4.29. The molecule has 0 aliphatic rings. The fraction of sp³-hybridized carbons (Fsp3) is 0.0769. The summed E-state index contributed by atoms with van der Waals surface area (Å²) in [4.78, 5) is 10.5. The Balaban J connectivity index is 2.09. The van der Waals surface area contributed by atoms with E-state index in [0.717, 1.165) is 20.8 Å². The SMILES string of the molecule is Cc1cc2c(Nc3cc(Cl)cc(Cl)c3)nc(N)nc2s1. The molecule has 0 unspecified atom stereocenters. The Labute approximate surface area is 129 Å². The summed E-state index contributed by atoms with van der Waals surface area (Å²) in [5.74, 6) is 0.880. The first-order valence-electron chi connectivity index (χ1n) is 5.78. The molecule has 3 N–H and O–H groups in total. The number of nitrogens with one attached hydrogen (secondary N) is 1. The first kappa shape index (κ1) is 13.4. The van der Waals surface area contributed by atoms with Crippen molar-refractivity contribution in [2.45, 2.75) is 6.92 Å². The van der Waals surface area contributed by atoms with Crippen LogP contribution in [0.25, 0.3) is 10.2 Å². The Kier molecular flexibility index (Phi) is 3.41. The minimum absolute atomic E-state index is 0.231. The van der Waals surface area contributed by atoms with Gasteiger partial charge in [0.25, 0.3) is 0 Å². The third kappa shape index (κ3) is 2.65. The number of aryl methyl sites for hydroxylation is 1. The molecule has 0 saturated heterocycles. The van der Waals surface area contributed by atoms with Crippen molar-refractivity contribution in [3.05, 3.63) is 39.2 Å². The van der Waals surface area contributed by atoms with Gasteiger partial charge < -0.3 is 11.1 Å². The van der Waals surface area contributed by atoms with Gasteiger partial charge in [-0.05, 0) is 31.2 Å². The summed E-state index contributed by atoms with van der Waals surface area (Å²) in [6.45, 7) is 2.02. The van der Waals surface area contributed by atoms with Crippen LogP contribution >= 0.6 is 34.5 Å². The monoisotopic (exact) mass is 324 g/mol. The standard InChI is InChI=1S/C13H10Cl2N4S/c1-6-2-10-11(18-13(16)19-12(10)20-6)17-9-4-7(14)3-8(15)5-9/h2-5H,1H3,(H3,16,17,18,19). The number of hydrogen-bond acceptors (Lipinski definition) is 5. The number of nitrogen functional groups attached to an aromatic ring is 1. The van der Waals surface area contributed by atoms with Crippen LogP contribution in [-0.4, -0.2) is 9.97 Å². The van der Waals surface area contributed by atoms with Crippen molar-refractivity contribution in [1.29, 1.82) is 0 Å². The lowest BCUT2D eigenvalue weighted by atomic mass is 10.3. The Bertz CT molecular complexity index is 780. The van der Waals surface area contributed by atoms with Crippen LogP contribution in [0.15, 0.2) is 24.3 Å². The molecule has 102 valence electrons. The van der Waals surface area contributed by atoms with E-state index in [-0.39, 0.29) is 5.95 Å². The normalized spacial score (nSPS) is 10.9. The second kappa shape index (κ2) is 5.09. The number of anilines is 3. The number of fused-ring (bicyclic) bond motifs is 1. The highest BCUT2D eigenvalue weighted by atomic mass is 35.5. The van der Waals surface area contributed by atoms with Crippen molar-refractivity contribution in [2.75, 3.05) is 11.1 Å². The van der Waals surface area contributed by atoms with E-state index < -0.39 is 0 Å². The third-order valence-corrected chi connectivity index (χ3v) is 4.04. The minimum Gasteiger partial charge on any atom is -0.368 e. The number of thiophene rings is 1. The van der Waals surface area contributed by atoms with E-state index in [1.165, 1.54) is 0 Å². The zero-order valence-electron chi connectivity index (χ0n) is 10.4. The molecule has 7 heteroatoms. The van der Waals surface area contributed by atoms with Gasteiger partial charge in [0.2, 0.25) is 5.95 Å². The molecule has 1 aromatic carbocycles. The van der Waals surface area contributed by atoms with Crippen LogP contribution in [0.5, 0.6) is 0 Å². The zero-order valence-corrected chi connectivity index (χ0v) is 12.8. The van der Waals surface area contributed by atoms with Crippen LogP contribution in [-0.2, 0) is 0 Å². The molecular formula is C13H10Cl2N4S. The molecule has 0 amide bonds. The van der Waals surface area contributed by atoms with Crippen LogP contribution in [0, 0.1) is 6.92 Å². The summed E-state index contributed by atoms with van der Waals surface area (Å²) in [5.41, 5.74) is 6.50. The van der Waals surface area contributed by atoms with Crippen molar-refractivity contribution in [1.82, 2.24) is 9.97 Å². The fourth-order valence-electron chi connectivity index (χ4n) is 1.92. The van der Waals surface area contributed by atoms with Gasteiger partial charge in [-0.3, -0.25) is 0 Å². The van der Waals surface area contributed by atoms with Gasteiger partial charge >= 0.3 is 0 Å². The van der Waals surface area contributed by atoms with E-state index in [0.29, 0.717) is 15.9 Å². The van der Waals surface area contributed by atoms with Crippen molar-refractivity contribution in [3.8, 4) is 0 Å². The number of benzene rings is 1. The maximum atomic E-state index is 5.99. The predicted molar refractivity (Wildman–Crippen MR) is 86.3 cm³/mol. The van der Waals surface area contributed by atoms with E-state index in [2.05, 4.69) is 15.3 Å². The number of halogens is 2. The van der Waals surface area contributed by atoms with Crippen molar-refractivity contribution < 1.29 is 0 Å².